The van der Waals surface area contributed by atoms with Gasteiger partial charge in [-0.3, -0.25) is 14.4 Å². The van der Waals surface area contributed by atoms with Gasteiger partial charge in [-0.25, -0.2) is 0 Å². The van der Waals surface area contributed by atoms with Crippen LogP contribution in [0.4, 0.5) is 0 Å². The molecule has 1 unspecified atom stereocenters. The van der Waals surface area contributed by atoms with Crippen LogP contribution in [0.2, 0.25) is 0 Å². The summed E-state index contributed by atoms with van der Waals surface area (Å²) in [4.78, 5) is 38.0. The summed E-state index contributed by atoms with van der Waals surface area (Å²) in [5, 5.41) is 0. The lowest BCUT2D eigenvalue weighted by Crippen LogP contribution is -2.30. The van der Waals surface area contributed by atoms with Crippen molar-refractivity contribution < 1.29 is 28.6 Å². The SMILES string of the molecule is CC/C=C/C=C/C=C/C=C/C=C/CCCC(=O)OC(COC(=O)CCCCCCCCCCCCCCC)COC(=O)CCCCCCCCCCCCCCCCCCCCC. The summed E-state index contributed by atoms with van der Waals surface area (Å²) < 4.78 is 16.7. The number of carbonyl (C=O) groups excluding carboxylic acids is 3. The molecule has 0 aliphatic heterocycles. The minimum Gasteiger partial charge on any atom is -0.462 e. The largest absolute Gasteiger partial charge is 0.462 e. The number of rotatable bonds is 48. The van der Waals surface area contributed by atoms with Crippen LogP contribution in [0.3, 0.4) is 0 Å². The number of carbonyl (C=O) groups is 3. The van der Waals surface area contributed by atoms with Crippen molar-refractivity contribution in [1.82, 2.24) is 0 Å². The quantitative estimate of drug-likeness (QED) is 0.0262. The van der Waals surface area contributed by atoms with Crippen LogP contribution in [0.5, 0.6) is 0 Å². The van der Waals surface area contributed by atoms with Crippen molar-refractivity contribution in [2.45, 2.75) is 271 Å². The Labute approximate surface area is 390 Å². The maximum Gasteiger partial charge on any atom is 0.306 e. The number of ether oxygens (including phenoxy) is 3. The van der Waals surface area contributed by atoms with E-state index in [9.17, 15) is 14.4 Å². The third-order valence-corrected chi connectivity index (χ3v) is 11.7. The standard InChI is InChI=1S/C57H100O6/c1-4-7-10-13-16-19-22-25-26-27-28-29-30-33-35-38-41-44-47-50-56(59)62-53-54(63-57(60)51-48-45-42-39-36-32-24-21-18-15-12-9-6-3)52-61-55(58)49-46-43-40-37-34-31-23-20-17-14-11-8-5-2/h9,12,15,18,21,24,32,36,39,42,54H,4-8,10-11,13-14,16-17,19-20,22-23,25-31,33-35,37-38,40-41,43-53H2,1-3H3/b12-9+,18-15+,24-21+,36-32+,42-39+. The zero-order valence-electron chi connectivity index (χ0n) is 41.6. The van der Waals surface area contributed by atoms with E-state index in [-0.39, 0.29) is 37.5 Å². The van der Waals surface area contributed by atoms with E-state index in [1.54, 1.807) is 0 Å². The Balaban J connectivity index is 4.38. The molecular weight excluding hydrogens is 781 g/mol. The Bertz CT molecular complexity index is 1150. The molecule has 63 heavy (non-hydrogen) atoms. The van der Waals surface area contributed by atoms with E-state index in [0.717, 1.165) is 51.4 Å². The second-order valence-electron chi connectivity index (χ2n) is 17.9. The lowest BCUT2D eigenvalue weighted by atomic mass is 10.0. The first kappa shape index (κ1) is 60.1. The van der Waals surface area contributed by atoms with Crippen LogP contribution >= 0.6 is 0 Å². The van der Waals surface area contributed by atoms with Gasteiger partial charge in [-0.2, -0.15) is 0 Å². The molecule has 0 aliphatic carbocycles. The number of esters is 3. The molecule has 0 aliphatic rings. The van der Waals surface area contributed by atoms with Crippen LogP contribution < -0.4 is 0 Å². The summed E-state index contributed by atoms with van der Waals surface area (Å²) in [6.45, 7) is 6.46. The number of allylic oxidation sites excluding steroid dienone is 10. The van der Waals surface area contributed by atoms with Gasteiger partial charge < -0.3 is 14.2 Å². The van der Waals surface area contributed by atoms with Crippen LogP contribution in [0.15, 0.2) is 60.8 Å². The van der Waals surface area contributed by atoms with Gasteiger partial charge in [0.1, 0.15) is 13.2 Å². The van der Waals surface area contributed by atoms with Gasteiger partial charge in [-0.15, -0.1) is 0 Å². The molecule has 0 amide bonds. The van der Waals surface area contributed by atoms with Crippen molar-refractivity contribution >= 4 is 17.9 Å². The molecule has 0 N–H and O–H groups in total. The summed E-state index contributed by atoms with van der Waals surface area (Å²) in [6.07, 6.45) is 63.6. The van der Waals surface area contributed by atoms with Gasteiger partial charge in [0.25, 0.3) is 0 Å². The van der Waals surface area contributed by atoms with Crippen molar-refractivity contribution in [2.24, 2.45) is 0 Å². The molecule has 0 aromatic heterocycles. The molecule has 0 aromatic rings. The van der Waals surface area contributed by atoms with Crippen LogP contribution in [0.1, 0.15) is 265 Å². The minimum absolute atomic E-state index is 0.0992. The van der Waals surface area contributed by atoms with Crippen molar-refractivity contribution in [1.29, 1.82) is 0 Å². The van der Waals surface area contributed by atoms with E-state index >= 15 is 0 Å². The van der Waals surface area contributed by atoms with Gasteiger partial charge in [-0.05, 0) is 32.1 Å². The molecule has 0 rings (SSSR count). The van der Waals surface area contributed by atoms with E-state index in [1.807, 2.05) is 54.7 Å². The van der Waals surface area contributed by atoms with Gasteiger partial charge in [0.2, 0.25) is 0 Å². The Kier molecular flexibility index (Phi) is 49.4. The average molecular weight is 881 g/mol. The van der Waals surface area contributed by atoms with Crippen LogP contribution in [0, 0.1) is 0 Å². The molecule has 0 bridgehead atoms. The van der Waals surface area contributed by atoms with Crippen LogP contribution in [-0.2, 0) is 28.6 Å². The van der Waals surface area contributed by atoms with Gasteiger partial charge in [-0.1, -0.05) is 274 Å². The highest BCUT2D eigenvalue weighted by Crippen LogP contribution is 2.16. The molecular formula is C57H100O6. The molecule has 0 spiro atoms. The summed E-state index contributed by atoms with van der Waals surface area (Å²) in [5.74, 6) is -0.964. The molecule has 0 saturated heterocycles. The highest BCUT2D eigenvalue weighted by Gasteiger charge is 2.19. The normalized spacial score (nSPS) is 12.5. The summed E-state index contributed by atoms with van der Waals surface area (Å²) in [6, 6.07) is 0. The smallest absolute Gasteiger partial charge is 0.306 e. The zero-order chi connectivity index (χ0) is 45.8. The number of hydrogen-bond acceptors (Lipinski definition) is 6. The van der Waals surface area contributed by atoms with Gasteiger partial charge in [0, 0.05) is 19.3 Å². The summed E-state index contributed by atoms with van der Waals surface area (Å²) in [5.41, 5.74) is 0. The predicted octanol–water partition coefficient (Wildman–Crippen LogP) is 17.6. The van der Waals surface area contributed by atoms with Crippen LogP contribution in [0.25, 0.3) is 0 Å². The second-order valence-corrected chi connectivity index (χ2v) is 17.9. The lowest BCUT2D eigenvalue weighted by Gasteiger charge is -2.18. The molecule has 0 radical (unpaired) electrons. The molecule has 0 saturated carbocycles. The molecule has 0 heterocycles. The first-order valence-electron chi connectivity index (χ1n) is 26.9. The molecule has 0 fully saturated rings. The molecule has 6 nitrogen and oxygen atoms in total. The minimum atomic E-state index is -0.807. The monoisotopic (exact) mass is 881 g/mol. The fraction of sp³-hybridized carbons (Fsp3) is 0.772. The highest BCUT2D eigenvalue weighted by atomic mass is 16.6. The van der Waals surface area contributed by atoms with Crippen molar-refractivity contribution in [3.05, 3.63) is 60.8 Å². The Morgan fingerprint density at radius 3 is 0.952 bits per heavy atom. The van der Waals surface area contributed by atoms with E-state index in [0.29, 0.717) is 19.3 Å². The third-order valence-electron chi connectivity index (χ3n) is 11.7. The molecule has 6 heteroatoms. The van der Waals surface area contributed by atoms with Gasteiger partial charge in [0.15, 0.2) is 6.10 Å². The van der Waals surface area contributed by atoms with Gasteiger partial charge >= 0.3 is 17.9 Å². The topological polar surface area (TPSA) is 78.9 Å². The first-order valence-corrected chi connectivity index (χ1v) is 26.9. The lowest BCUT2D eigenvalue weighted by molar-refractivity contribution is -0.167. The maximum absolute atomic E-state index is 12.8. The molecule has 0 aromatic carbocycles. The van der Waals surface area contributed by atoms with E-state index < -0.39 is 6.10 Å². The Hall–Kier alpha value is -2.89. The predicted molar refractivity (Wildman–Crippen MR) is 270 cm³/mol. The Morgan fingerprint density at radius 1 is 0.333 bits per heavy atom. The number of hydrogen-bond donors (Lipinski definition) is 0. The van der Waals surface area contributed by atoms with E-state index in [4.69, 9.17) is 14.2 Å². The van der Waals surface area contributed by atoms with E-state index in [1.165, 1.54) is 167 Å². The molecule has 364 valence electrons. The average Bonchev–Trinajstić information content (AvgIpc) is 3.28. The summed E-state index contributed by atoms with van der Waals surface area (Å²) in [7, 11) is 0. The van der Waals surface area contributed by atoms with Crippen LogP contribution in [-0.4, -0.2) is 37.2 Å². The van der Waals surface area contributed by atoms with Crippen molar-refractivity contribution in [3.8, 4) is 0 Å². The van der Waals surface area contributed by atoms with Crippen molar-refractivity contribution in [3.63, 3.8) is 0 Å². The second kappa shape index (κ2) is 51.7. The highest BCUT2D eigenvalue weighted by molar-refractivity contribution is 5.71. The van der Waals surface area contributed by atoms with Crippen molar-refractivity contribution in [2.75, 3.05) is 13.2 Å². The first-order chi connectivity index (χ1) is 31.0. The number of unbranched alkanes of at least 4 members (excludes halogenated alkanes) is 31. The molecule has 1 atom stereocenters. The fourth-order valence-corrected chi connectivity index (χ4v) is 7.65. The maximum atomic E-state index is 12.8. The summed E-state index contributed by atoms with van der Waals surface area (Å²) >= 11 is 0. The zero-order valence-corrected chi connectivity index (χ0v) is 41.6. The van der Waals surface area contributed by atoms with E-state index in [2.05, 4.69) is 26.8 Å². The fourth-order valence-electron chi connectivity index (χ4n) is 7.65. The Morgan fingerprint density at radius 2 is 0.619 bits per heavy atom. The van der Waals surface area contributed by atoms with Gasteiger partial charge in [0.05, 0.1) is 0 Å². The third kappa shape index (κ3) is 50.0.